The van der Waals surface area contributed by atoms with Crippen molar-refractivity contribution in [1.82, 2.24) is 9.97 Å². The van der Waals surface area contributed by atoms with Crippen LogP contribution in [0.25, 0.3) is 0 Å². The first-order valence-electron chi connectivity index (χ1n) is 5.29. The second kappa shape index (κ2) is 4.97. The fourth-order valence-corrected chi connectivity index (χ4v) is 1.67. The number of carbonyl (C=O) groups excluding carboxylic acids is 1. The zero-order valence-corrected chi connectivity index (χ0v) is 10.5. The molecule has 6 heteroatoms. The highest BCUT2D eigenvalue weighted by Gasteiger charge is 2.10. The molecular weight excluding hydrogens is 248 g/mol. The van der Waals surface area contributed by atoms with Crippen LogP contribution in [0.5, 0.6) is 0 Å². The number of aromatic nitrogens is 2. The van der Waals surface area contributed by atoms with Crippen LogP contribution in [-0.2, 0) is 0 Å². The van der Waals surface area contributed by atoms with Gasteiger partial charge in [-0.05, 0) is 36.8 Å². The SMILES string of the molecule is Cc1cccc(NC(=O)c2cnc(=S)[nH]c2N)c1. The van der Waals surface area contributed by atoms with Crippen LogP contribution >= 0.6 is 12.2 Å². The molecule has 1 aromatic carbocycles. The molecule has 2 aromatic rings. The van der Waals surface area contributed by atoms with Gasteiger partial charge in [-0.2, -0.15) is 0 Å². The van der Waals surface area contributed by atoms with Crippen LogP contribution in [0, 0.1) is 11.7 Å². The minimum atomic E-state index is -0.322. The highest BCUT2D eigenvalue weighted by molar-refractivity contribution is 7.71. The third-order valence-corrected chi connectivity index (χ3v) is 2.57. The number of hydrogen-bond donors (Lipinski definition) is 3. The Hall–Kier alpha value is -2.21. The van der Waals surface area contributed by atoms with Crippen molar-refractivity contribution in [1.29, 1.82) is 0 Å². The molecular formula is C12H12N4OS. The number of nitrogens with one attached hydrogen (secondary N) is 2. The molecule has 2 rings (SSSR count). The summed E-state index contributed by atoms with van der Waals surface area (Å²) in [6.45, 7) is 1.95. The van der Waals surface area contributed by atoms with Gasteiger partial charge < -0.3 is 16.0 Å². The molecule has 92 valence electrons. The molecule has 4 N–H and O–H groups in total. The van der Waals surface area contributed by atoms with E-state index in [0.29, 0.717) is 5.69 Å². The number of hydrogen-bond acceptors (Lipinski definition) is 4. The van der Waals surface area contributed by atoms with E-state index in [4.69, 9.17) is 18.0 Å². The molecule has 1 heterocycles. The number of rotatable bonds is 2. The highest BCUT2D eigenvalue weighted by Crippen LogP contribution is 2.13. The Morgan fingerprint density at radius 3 is 2.94 bits per heavy atom. The van der Waals surface area contributed by atoms with Crippen LogP contribution in [-0.4, -0.2) is 15.9 Å². The van der Waals surface area contributed by atoms with Crippen molar-refractivity contribution < 1.29 is 4.79 Å². The van der Waals surface area contributed by atoms with E-state index < -0.39 is 0 Å². The van der Waals surface area contributed by atoms with E-state index in [1.807, 2.05) is 25.1 Å². The van der Waals surface area contributed by atoms with E-state index >= 15 is 0 Å². The molecule has 0 fully saturated rings. The van der Waals surface area contributed by atoms with Crippen LogP contribution in [0.1, 0.15) is 15.9 Å². The predicted molar refractivity (Wildman–Crippen MR) is 73.0 cm³/mol. The predicted octanol–water partition coefficient (Wildman–Crippen LogP) is 2.28. The topological polar surface area (TPSA) is 83.8 Å². The van der Waals surface area contributed by atoms with Gasteiger partial charge >= 0.3 is 0 Å². The zero-order valence-electron chi connectivity index (χ0n) is 9.73. The van der Waals surface area contributed by atoms with Gasteiger partial charge in [0.25, 0.3) is 5.91 Å². The van der Waals surface area contributed by atoms with Gasteiger partial charge in [-0.1, -0.05) is 12.1 Å². The van der Waals surface area contributed by atoms with E-state index in [0.717, 1.165) is 5.56 Å². The molecule has 0 aliphatic heterocycles. The molecule has 0 aliphatic rings. The molecule has 0 radical (unpaired) electrons. The van der Waals surface area contributed by atoms with Crippen LogP contribution < -0.4 is 11.1 Å². The number of nitrogens with zero attached hydrogens (tertiary/aromatic N) is 1. The smallest absolute Gasteiger partial charge is 0.260 e. The van der Waals surface area contributed by atoms with Gasteiger partial charge in [0.05, 0.1) is 5.56 Å². The Balaban J connectivity index is 2.25. The van der Waals surface area contributed by atoms with Gasteiger partial charge in [0, 0.05) is 11.9 Å². The maximum atomic E-state index is 12.0. The van der Waals surface area contributed by atoms with Crippen LogP contribution in [0.2, 0.25) is 0 Å². The molecule has 0 atom stereocenters. The minimum Gasteiger partial charge on any atom is -0.384 e. The molecule has 0 aliphatic carbocycles. The number of nitrogen functional groups attached to an aromatic ring is 1. The van der Waals surface area contributed by atoms with E-state index in [-0.39, 0.29) is 22.1 Å². The summed E-state index contributed by atoms with van der Waals surface area (Å²) in [6, 6.07) is 7.49. The van der Waals surface area contributed by atoms with Crippen LogP contribution in [0.4, 0.5) is 11.5 Å². The first kappa shape index (κ1) is 12.3. The third kappa shape index (κ3) is 2.72. The summed E-state index contributed by atoms with van der Waals surface area (Å²) >= 11 is 4.81. The number of amides is 1. The molecule has 1 aromatic heterocycles. The maximum absolute atomic E-state index is 12.0. The van der Waals surface area contributed by atoms with Crippen LogP contribution in [0.15, 0.2) is 30.5 Å². The Bertz CT molecular complexity index is 651. The van der Waals surface area contributed by atoms with Gasteiger partial charge in [-0.3, -0.25) is 4.79 Å². The lowest BCUT2D eigenvalue weighted by Gasteiger charge is -2.07. The minimum absolute atomic E-state index is 0.208. The fourth-order valence-electron chi connectivity index (χ4n) is 1.51. The van der Waals surface area contributed by atoms with E-state index in [9.17, 15) is 4.79 Å². The summed E-state index contributed by atoms with van der Waals surface area (Å²) in [6.07, 6.45) is 1.36. The second-order valence-electron chi connectivity index (χ2n) is 3.84. The Morgan fingerprint density at radius 1 is 1.50 bits per heavy atom. The maximum Gasteiger partial charge on any atom is 0.260 e. The van der Waals surface area contributed by atoms with Gasteiger partial charge in [-0.15, -0.1) is 0 Å². The molecule has 0 unspecified atom stereocenters. The number of aryl methyl sites for hydroxylation is 1. The molecule has 0 saturated carbocycles. The number of nitrogens with two attached hydrogens (primary N) is 1. The summed E-state index contributed by atoms with van der Waals surface area (Å²) in [4.78, 5) is 18.4. The van der Waals surface area contributed by atoms with Crippen molar-refractivity contribution in [2.75, 3.05) is 11.1 Å². The van der Waals surface area contributed by atoms with Crippen molar-refractivity contribution in [2.24, 2.45) is 0 Å². The number of carbonyl (C=O) groups is 1. The Kier molecular flexibility index (Phi) is 3.38. The lowest BCUT2D eigenvalue weighted by atomic mass is 10.2. The normalized spacial score (nSPS) is 10.1. The third-order valence-electron chi connectivity index (χ3n) is 2.36. The van der Waals surface area contributed by atoms with Gasteiger partial charge in [0.15, 0.2) is 4.77 Å². The van der Waals surface area contributed by atoms with Crippen molar-refractivity contribution >= 4 is 29.6 Å². The lowest BCUT2D eigenvalue weighted by Crippen LogP contribution is -2.15. The van der Waals surface area contributed by atoms with Crippen LogP contribution in [0.3, 0.4) is 0 Å². The lowest BCUT2D eigenvalue weighted by molar-refractivity contribution is 0.102. The van der Waals surface area contributed by atoms with Crippen molar-refractivity contribution in [2.45, 2.75) is 6.92 Å². The molecule has 5 nitrogen and oxygen atoms in total. The van der Waals surface area contributed by atoms with E-state index in [1.54, 1.807) is 6.07 Å². The second-order valence-corrected chi connectivity index (χ2v) is 4.23. The summed E-state index contributed by atoms with van der Waals surface area (Å²) in [5.74, 6) is -0.114. The fraction of sp³-hybridized carbons (Fsp3) is 0.0833. The van der Waals surface area contributed by atoms with Crippen molar-refractivity contribution in [3.8, 4) is 0 Å². The quantitative estimate of drug-likeness (QED) is 0.723. The standard InChI is InChI=1S/C12H12N4OS/c1-7-3-2-4-8(5-7)15-11(17)9-6-14-12(18)16-10(9)13/h2-6H,1H3,(H,15,17)(H3,13,14,16,18). The molecule has 0 saturated heterocycles. The Labute approximate surface area is 109 Å². The molecule has 1 amide bonds. The monoisotopic (exact) mass is 260 g/mol. The summed E-state index contributed by atoms with van der Waals surface area (Å²) < 4.78 is 0.250. The van der Waals surface area contributed by atoms with Gasteiger partial charge in [0.1, 0.15) is 5.82 Å². The molecule has 18 heavy (non-hydrogen) atoms. The number of anilines is 2. The number of H-pyrrole nitrogens is 1. The summed E-state index contributed by atoms with van der Waals surface area (Å²) in [5.41, 5.74) is 7.72. The van der Waals surface area contributed by atoms with Gasteiger partial charge in [0.2, 0.25) is 0 Å². The van der Waals surface area contributed by atoms with Crippen molar-refractivity contribution in [3.63, 3.8) is 0 Å². The summed E-state index contributed by atoms with van der Waals surface area (Å²) in [7, 11) is 0. The van der Waals surface area contributed by atoms with E-state index in [1.165, 1.54) is 6.20 Å². The average molecular weight is 260 g/mol. The first-order chi connectivity index (χ1) is 8.56. The zero-order chi connectivity index (χ0) is 13.1. The Morgan fingerprint density at radius 2 is 2.28 bits per heavy atom. The molecule has 0 spiro atoms. The van der Waals surface area contributed by atoms with Gasteiger partial charge in [-0.25, -0.2) is 4.98 Å². The largest absolute Gasteiger partial charge is 0.384 e. The number of benzene rings is 1. The highest BCUT2D eigenvalue weighted by atomic mass is 32.1. The summed E-state index contributed by atoms with van der Waals surface area (Å²) in [5, 5.41) is 2.75. The first-order valence-corrected chi connectivity index (χ1v) is 5.70. The van der Waals surface area contributed by atoms with E-state index in [2.05, 4.69) is 15.3 Å². The number of aromatic amines is 1. The molecule has 0 bridgehead atoms. The van der Waals surface area contributed by atoms with Crippen molar-refractivity contribution in [3.05, 3.63) is 46.4 Å². The average Bonchev–Trinajstić information content (AvgIpc) is 2.28.